The summed E-state index contributed by atoms with van der Waals surface area (Å²) in [7, 11) is 0. The fourth-order valence-electron chi connectivity index (χ4n) is 2.33. The van der Waals surface area contributed by atoms with Gasteiger partial charge in [-0.05, 0) is 23.8 Å². The third-order valence-electron chi connectivity index (χ3n) is 3.50. The van der Waals surface area contributed by atoms with Crippen molar-refractivity contribution in [1.29, 1.82) is 0 Å². The predicted molar refractivity (Wildman–Crippen MR) is 90.8 cm³/mol. The van der Waals surface area contributed by atoms with Crippen LogP contribution in [-0.4, -0.2) is 57.6 Å². The summed E-state index contributed by atoms with van der Waals surface area (Å²) in [6.45, 7) is 2.42. The molecule has 1 amide bonds. The van der Waals surface area contributed by atoms with Crippen molar-refractivity contribution in [2.45, 2.75) is 0 Å². The molecule has 2 fully saturated rings. The van der Waals surface area contributed by atoms with E-state index in [0.29, 0.717) is 35.5 Å². The summed E-state index contributed by atoms with van der Waals surface area (Å²) in [5, 5.41) is 12.3. The number of benzene rings is 1. The van der Waals surface area contributed by atoms with Gasteiger partial charge in [-0.2, -0.15) is 0 Å². The van der Waals surface area contributed by atoms with Gasteiger partial charge in [0.2, 0.25) is 0 Å². The van der Waals surface area contributed by atoms with E-state index in [9.17, 15) is 9.59 Å². The average molecular weight is 350 g/mol. The number of carbonyl (C=O) groups excluding carboxylic acids is 1. The molecule has 0 bridgehead atoms. The Balaban J connectivity index is 1.79. The summed E-state index contributed by atoms with van der Waals surface area (Å²) in [5.41, 5.74) is 0.973. The number of hydrogen-bond donors (Lipinski definition) is 1. The molecule has 2 heterocycles. The lowest BCUT2D eigenvalue weighted by Crippen LogP contribution is -2.50. The van der Waals surface area contributed by atoms with Crippen LogP contribution in [0.2, 0.25) is 0 Å². The quantitative estimate of drug-likeness (QED) is 0.659. The first-order valence-electron chi connectivity index (χ1n) is 7.00. The SMILES string of the molecule is O=C(O)c1ccc(/C=C2/SC(=S)N(N3CCOCC3)C2=O)cc1. The van der Waals surface area contributed by atoms with Gasteiger partial charge in [0.15, 0.2) is 4.32 Å². The van der Waals surface area contributed by atoms with E-state index in [1.165, 1.54) is 28.9 Å². The van der Waals surface area contributed by atoms with Crippen LogP contribution in [0.3, 0.4) is 0 Å². The van der Waals surface area contributed by atoms with Gasteiger partial charge in [0.05, 0.1) is 23.7 Å². The molecular formula is C15H14N2O4S2. The highest BCUT2D eigenvalue weighted by Gasteiger charge is 2.36. The third kappa shape index (κ3) is 3.45. The van der Waals surface area contributed by atoms with Gasteiger partial charge in [0.25, 0.3) is 5.91 Å². The van der Waals surface area contributed by atoms with Gasteiger partial charge in [-0.3, -0.25) is 4.79 Å². The van der Waals surface area contributed by atoms with Gasteiger partial charge >= 0.3 is 5.97 Å². The number of nitrogens with zero attached hydrogens (tertiary/aromatic N) is 2. The molecule has 0 unspecified atom stereocenters. The van der Waals surface area contributed by atoms with E-state index >= 15 is 0 Å². The van der Waals surface area contributed by atoms with Crippen molar-refractivity contribution in [3.8, 4) is 0 Å². The van der Waals surface area contributed by atoms with Gasteiger partial charge in [0.1, 0.15) is 0 Å². The molecule has 0 spiro atoms. The van der Waals surface area contributed by atoms with Crippen LogP contribution in [0.1, 0.15) is 15.9 Å². The summed E-state index contributed by atoms with van der Waals surface area (Å²) >= 11 is 6.56. The van der Waals surface area contributed by atoms with Gasteiger partial charge in [0, 0.05) is 13.1 Å². The molecule has 2 aliphatic heterocycles. The van der Waals surface area contributed by atoms with Crippen LogP contribution < -0.4 is 0 Å². The normalized spacial score (nSPS) is 21.2. The maximum absolute atomic E-state index is 12.6. The number of carboxylic acid groups (broad SMARTS) is 1. The zero-order chi connectivity index (χ0) is 16.4. The number of morpholine rings is 1. The van der Waals surface area contributed by atoms with E-state index in [1.807, 2.05) is 5.01 Å². The molecule has 1 aromatic rings. The summed E-state index contributed by atoms with van der Waals surface area (Å²) in [4.78, 5) is 24.0. The molecule has 3 rings (SSSR count). The molecule has 23 heavy (non-hydrogen) atoms. The van der Waals surface area contributed by atoms with Crippen LogP contribution >= 0.6 is 24.0 Å². The van der Waals surface area contributed by atoms with E-state index in [4.69, 9.17) is 22.1 Å². The fourth-order valence-corrected chi connectivity index (χ4v) is 3.64. The highest BCUT2D eigenvalue weighted by molar-refractivity contribution is 8.26. The van der Waals surface area contributed by atoms with Crippen molar-refractivity contribution >= 4 is 46.3 Å². The van der Waals surface area contributed by atoms with Crippen molar-refractivity contribution in [3.05, 3.63) is 40.3 Å². The maximum atomic E-state index is 12.6. The van der Waals surface area contributed by atoms with Crippen LogP contribution in [0.25, 0.3) is 6.08 Å². The number of carboxylic acids is 1. The largest absolute Gasteiger partial charge is 0.478 e. The van der Waals surface area contributed by atoms with E-state index in [1.54, 1.807) is 18.2 Å². The minimum absolute atomic E-state index is 0.149. The van der Waals surface area contributed by atoms with E-state index in [-0.39, 0.29) is 11.5 Å². The smallest absolute Gasteiger partial charge is 0.335 e. The second kappa shape index (κ2) is 6.79. The highest BCUT2D eigenvalue weighted by atomic mass is 32.2. The lowest BCUT2D eigenvalue weighted by molar-refractivity contribution is -0.138. The molecule has 120 valence electrons. The number of thioether (sulfide) groups is 1. The molecule has 6 nitrogen and oxygen atoms in total. The van der Waals surface area contributed by atoms with Gasteiger partial charge in [-0.25, -0.2) is 14.8 Å². The molecule has 8 heteroatoms. The summed E-state index contributed by atoms with van der Waals surface area (Å²) in [5.74, 6) is -1.13. The number of amides is 1. The standard InChI is InChI=1S/C15H14N2O4S2/c18-13-12(9-10-1-3-11(4-2-10)14(19)20)23-15(22)17(13)16-5-7-21-8-6-16/h1-4,9H,5-8H2,(H,19,20)/b12-9+. The summed E-state index contributed by atoms with van der Waals surface area (Å²) < 4.78 is 5.80. The molecule has 0 saturated carbocycles. The minimum Gasteiger partial charge on any atom is -0.478 e. The maximum Gasteiger partial charge on any atom is 0.335 e. The second-order valence-electron chi connectivity index (χ2n) is 4.99. The van der Waals surface area contributed by atoms with Crippen LogP contribution in [0.15, 0.2) is 29.2 Å². The molecule has 2 aliphatic rings. The Bertz CT molecular complexity index is 681. The number of aromatic carboxylic acids is 1. The molecule has 0 aromatic heterocycles. The Kier molecular flexibility index (Phi) is 4.76. The van der Waals surface area contributed by atoms with Crippen LogP contribution in [0, 0.1) is 0 Å². The van der Waals surface area contributed by atoms with Crippen molar-refractivity contribution in [1.82, 2.24) is 10.0 Å². The number of thiocarbonyl (C=S) groups is 1. The van der Waals surface area contributed by atoms with E-state index < -0.39 is 5.97 Å². The van der Waals surface area contributed by atoms with E-state index in [0.717, 1.165) is 5.56 Å². The number of rotatable bonds is 3. The lowest BCUT2D eigenvalue weighted by Gasteiger charge is -2.33. The molecule has 1 aromatic carbocycles. The van der Waals surface area contributed by atoms with Crippen molar-refractivity contribution in [2.75, 3.05) is 26.3 Å². The van der Waals surface area contributed by atoms with Gasteiger partial charge in [-0.1, -0.05) is 36.1 Å². The Morgan fingerprint density at radius 2 is 1.91 bits per heavy atom. The second-order valence-corrected chi connectivity index (χ2v) is 6.66. The predicted octanol–water partition coefficient (Wildman–Crippen LogP) is 1.83. The fraction of sp³-hybridized carbons (Fsp3) is 0.267. The average Bonchev–Trinajstić information content (AvgIpc) is 2.82. The highest BCUT2D eigenvalue weighted by Crippen LogP contribution is 2.33. The molecule has 2 saturated heterocycles. The molecular weight excluding hydrogens is 336 g/mol. The van der Waals surface area contributed by atoms with Crippen molar-refractivity contribution < 1.29 is 19.4 Å². The Labute approximate surface area is 142 Å². The Morgan fingerprint density at radius 1 is 1.26 bits per heavy atom. The Morgan fingerprint density at radius 3 is 2.52 bits per heavy atom. The van der Waals surface area contributed by atoms with Crippen LogP contribution in [0.5, 0.6) is 0 Å². The zero-order valence-electron chi connectivity index (χ0n) is 12.1. The number of ether oxygens (including phenoxy) is 1. The monoisotopic (exact) mass is 350 g/mol. The topological polar surface area (TPSA) is 70.1 Å². The third-order valence-corrected chi connectivity index (χ3v) is 4.78. The van der Waals surface area contributed by atoms with Crippen LogP contribution in [0.4, 0.5) is 0 Å². The van der Waals surface area contributed by atoms with Crippen LogP contribution in [-0.2, 0) is 9.53 Å². The summed E-state index contributed by atoms with van der Waals surface area (Å²) in [6.07, 6.45) is 1.73. The molecule has 0 radical (unpaired) electrons. The van der Waals surface area contributed by atoms with Crippen molar-refractivity contribution in [2.24, 2.45) is 0 Å². The molecule has 0 aliphatic carbocycles. The molecule has 1 N–H and O–H groups in total. The number of hydrazine groups is 1. The zero-order valence-corrected chi connectivity index (χ0v) is 13.7. The Hall–Kier alpha value is -1.74. The lowest BCUT2D eigenvalue weighted by atomic mass is 10.1. The summed E-state index contributed by atoms with van der Waals surface area (Å²) in [6, 6.07) is 6.36. The minimum atomic E-state index is -0.977. The first-order valence-corrected chi connectivity index (χ1v) is 8.22. The first kappa shape index (κ1) is 16.1. The number of hydrogen-bond acceptors (Lipinski definition) is 6. The van der Waals surface area contributed by atoms with Crippen molar-refractivity contribution in [3.63, 3.8) is 0 Å². The van der Waals surface area contributed by atoms with Gasteiger partial charge < -0.3 is 9.84 Å². The first-order chi connectivity index (χ1) is 11.1. The van der Waals surface area contributed by atoms with E-state index in [2.05, 4.69) is 0 Å². The number of carbonyl (C=O) groups is 2. The molecule has 0 atom stereocenters. The van der Waals surface area contributed by atoms with Gasteiger partial charge in [-0.15, -0.1) is 0 Å².